The van der Waals surface area contributed by atoms with Crippen LogP contribution in [0, 0.1) is 0 Å². The first-order chi connectivity index (χ1) is 29.6. The summed E-state index contributed by atoms with van der Waals surface area (Å²) in [5.74, 6) is -1.47. The summed E-state index contributed by atoms with van der Waals surface area (Å²) in [6.45, 7) is 4.65. The van der Waals surface area contributed by atoms with Crippen molar-refractivity contribution >= 4 is 17.9 Å². The van der Waals surface area contributed by atoms with Crippen molar-refractivity contribution in [1.82, 2.24) is 0 Å². The smallest absolute Gasteiger partial charge is 0.362 e. The third-order valence-corrected chi connectivity index (χ3v) is 11.6. The van der Waals surface area contributed by atoms with Gasteiger partial charge in [0.05, 0.1) is 34.4 Å². The van der Waals surface area contributed by atoms with Gasteiger partial charge < -0.3 is 23.8 Å². The molecule has 61 heavy (non-hydrogen) atoms. The molecule has 0 bridgehead atoms. The molecule has 0 saturated heterocycles. The number of ether oxygens (including phenoxy) is 3. The molecule has 0 spiro atoms. The van der Waals surface area contributed by atoms with E-state index >= 15 is 0 Å². The first-order valence-corrected chi connectivity index (χ1v) is 25.5. The lowest BCUT2D eigenvalue weighted by atomic mass is 10.0. The maximum absolute atomic E-state index is 12.8. The van der Waals surface area contributed by atoms with Gasteiger partial charge in [0.15, 0.2) is 12.1 Å². The molecule has 2 unspecified atom stereocenters. The van der Waals surface area contributed by atoms with Crippen LogP contribution in [0.1, 0.15) is 232 Å². The van der Waals surface area contributed by atoms with E-state index in [2.05, 4.69) is 50.3 Å². The zero-order valence-electron chi connectivity index (χ0n) is 40.6. The zero-order chi connectivity index (χ0) is 44.9. The fourth-order valence-corrected chi connectivity index (χ4v) is 7.64. The minimum atomic E-state index is -0.875. The molecule has 0 aromatic rings. The van der Waals surface area contributed by atoms with Crippen LogP contribution in [-0.2, 0) is 28.6 Å². The van der Waals surface area contributed by atoms with Crippen LogP contribution in [0.25, 0.3) is 0 Å². The Labute approximate surface area is 376 Å². The molecule has 1 N–H and O–H groups in total. The summed E-state index contributed by atoms with van der Waals surface area (Å²) < 4.78 is 17.3. The number of carbonyl (C=O) groups excluding carboxylic acids is 2. The number of rotatable bonds is 46. The van der Waals surface area contributed by atoms with E-state index in [1.54, 1.807) is 0 Å². The summed E-state index contributed by atoms with van der Waals surface area (Å²) in [7, 11) is 5.53. The molecule has 8 heteroatoms. The summed E-state index contributed by atoms with van der Waals surface area (Å²) in [6.07, 6.45) is 52.0. The molecule has 0 rings (SSSR count). The van der Waals surface area contributed by atoms with Crippen LogP contribution in [0.2, 0.25) is 0 Å². The van der Waals surface area contributed by atoms with Crippen LogP contribution in [-0.4, -0.2) is 80.6 Å². The van der Waals surface area contributed by atoms with Gasteiger partial charge in [-0.1, -0.05) is 204 Å². The lowest BCUT2D eigenvalue weighted by Gasteiger charge is -2.31. The second-order valence-corrected chi connectivity index (χ2v) is 18.4. The Balaban J connectivity index is 4.21. The maximum Gasteiger partial charge on any atom is 0.362 e. The Hall–Kier alpha value is -2.45. The highest BCUT2D eigenvalue weighted by molar-refractivity contribution is 5.72. The van der Waals surface area contributed by atoms with Crippen molar-refractivity contribution in [2.45, 2.75) is 244 Å². The molecule has 2 atom stereocenters. The first kappa shape index (κ1) is 58.6. The minimum Gasteiger partial charge on any atom is -0.477 e. The summed E-state index contributed by atoms with van der Waals surface area (Å²) in [4.78, 5) is 37.1. The molecule has 0 aromatic carbocycles. The highest BCUT2D eigenvalue weighted by atomic mass is 16.6. The van der Waals surface area contributed by atoms with Gasteiger partial charge >= 0.3 is 17.9 Å². The molecule has 0 aliphatic rings. The molecule has 0 aromatic heterocycles. The molecule has 356 valence electrons. The predicted octanol–water partition coefficient (Wildman–Crippen LogP) is 14.6. The van der Waals surface area contributed by atoms with E-state index in [9.17, 15) is 19.5 Å². The SMILES string of the molecule is CC/C=C/C/C=C/C/C=C/CCCCCCCCC(=O)OC(COCCC(C(=O)O)[N+](C)(C)C)COC(=O)CCCCCCCCCCCCCCCCCCCCCCC. The van der Waals surface area contributed by atoms with Crippen LogP contribution >= 0.6 is 0 Å². The fourth-order valence-electron chi connectivity index (χ4n) is 7.64. The van der Waals surface area contributed by atoms with E-state index in [4.69, 9.17) is 14.2 Å². The van der Waals surface area contributed by atoms with Crippen LogP contribution in [0.15, 0.2) is 36.5 Å². The normalized spacial score (nSPS) is 13.1. The molecular formula is C53H98NO7+. The highest BCUT2D eigenvalue weighted by Gasteiger charge is 2.31. The number of hydrogen-bond acceptors (Lipinski definition) is 6. The van der Waals surface area contributed by atoms with Gasteiger partial charge in [0.1, 0.15) is 6.61 Å². The molecule has 0 aliphatic heterocycles. The molecule has 0 aliphatic carbocycles. The Kier molecular flexibility index (Phi) is 42.4. The number of quaternary nitrogens is 1. The molecule has 8 nitrogen and oxygen atoms in total. The topological polar surface area (TPSA) is 99.1 Å². The second-order valence-electron chi connectivity index (χ2n) is 18.4. The number of unbranched alkanes of at least 4 members (excludes halogenated alkanes) is 26. The number of carbonyl (C=O) groups is 3. The standard InChI is InChI=1S/C53H97NO7/c1-6-8-10-12-14-16-18-20-22-24-25-26-27-28-30-31-33-35-37-39-41-43-51(55)60-48-49(47-59-46-45-50(53(57)58)54(3,4)5)61-52(56)44-42-40-38-36-34-32-29-23-21-19-17-15-13-11-9-7-2/h9,11,15,17,21,23,49-50H,6-8,10,12-14,16,18-20,22,24-48H2,1-5H3/p+1/b11-9+,17-15+,23-21+. The van der Waals surface area contributed by atoms with Gasteiger partial charge in [-0.3, -0.25) is 9.59 Å². The van der Waals surface area contributed by atoms with Crippen LogP contribution in [0.3, 0.4) is 0 Å². The van der Waals surface area contributed by atoms with E-state index in [1.165, 1.54) is 128 Å². The average molecular weight is 861 g/mol. The summed E-state index contributed by atoms with van der Waals surface area (Å²) in [6, 6.07) is -0.616. The van der Waals surface area contributed by atoms with Crippen LogP contribution in [0.5, 0.6) is 0 Å². The largest absolute Gasteiger partial charge is 0.477 e. The van der Waals surface area contributed by atoms with E-state index < -0.39 is 18.1 Å². The van der Waals surface area contributed by atoms with E-state index in [0.717, 1.165) is 70.6 Å². The van der Waals surface area contributed by atoms with Crippen molar-refractivity contribution in [1.29, 1.82) is 0 Å². The van der Waals surface area contributed by atoms with E-state index in [-0.39, 0.29) is 36.2 Å². The number of hydrogen-bond donors (Lipinski definition) is 1. The van der Waals surface area contributed by atoms with Gasteiger partial charge in [0.25, 0.3) is 0 Å². The first-order valence-electron chi connectivity index (χ1n) is 25.5. The quantitative estimate of drug-likeness (QED) is 0.0282. The van der Waals surface area contributed by atoms with Crippen LogP contribution < -0.4 is 0 Å². The van der Waals surface area contributed by atoms with E-state index in [0.29, 0.717) is 19.3 Å². The Morgan fingerprint density at radius 2 is 0.918 bits per heavy atom. The Bertz CT molecular complexity index is 1090. The number of aliphatic carboxylic acids is 1. The van der Waals surface area contributed by atoms with Crippen molar-refractivity contribution in [3.05, 3.63) is 36.5 Å². The number of nitrogens with zero attached hydrogens (tertiary/aromatic N) is 1. The summed E-state index contributed by atoms with van der Waals surface area (Å²) in [5.41, 5.74) is 0. The van der Waals surface area contributed by atoms with Gasteiger partial charge in [-0.15, -0.1) is 0 Å². The van der Waals surface area contributed by atoms with Crippen molar-refractivity contribution in [3.8, 4) is 0 Å². The van der Waals surface area contributed by atoms with Crippen molar-refractivity contribution in [3.63, 3.8) is 0 Å². The molecular weight excluding hydrogens is 763 g/mol. The third kappa shape index (κ3) is 42.6. The number of esters is 2. The molecule has 0 fully saturated rings. The average Bonchev–Trinajstić information content (AvgIpc) is 3.22. The highest BCUT2D eigenvalue weighted by Crippen LogP contribution is 2.16. The van der Waals surface area contributed by atoms with Crippen LogP contribution in [0.4, 0.5) is 0 Å². The van der Waals surface area contributed by atoms with Crippen molar-refractivity contribution < 1.29 is 38.2 Å². The summed E-state index contributed by atoms with van der Waals surface area (Å²) >= 11 is 0. The predicted molar refractivity (Wildman–Crippen MR) is 257 cm³/mol. The van der Waals surface area contributed by atoms with Gasteiger partial charge in [0, 0.05) is 19.3 Å². The number of allylic oxidation sites excluding steroid dienone is 6. The molecule has 0 radical (unpaired) electrons. The number of likely N-dealkylation sites (N-methyl/N-ethyl adjacent to an activating group) is 1. The number of carboxylic acid groups (broad SMARTS) is 1. The second kappa shape index (κ2) is 44.2. The van der Waals surface area contributed by atoms with Crippen molar-refractivity contribution in [2.24, 2.45) is 0 Å². The molecule has 0 heterocycles. The van der Waals surface area contributed by atoms with Gasteiger partial charge in [-0.05, 0) is 44.9 Å². The summed E-state index contributed by atoms with van der Waals surface area (Å²) in [5, 5.41) is 9.65. The lowest BCUT2D eigenvalue weighted by molar-refractivity contribution is -0.887. The van der Waals surface area contributed by atoms with E-state index in [1.807, 2.05) is 21.1 Å². The lowest BCUT2D eigenvalue weighted by Crippen LogP contribution is -2.50. The Morgan fingerprint density at radius 3 is 1.36 bits per heavy atom. The number of carboxylic acids is 1. The van der Waals surface area contributed by atoms with Crippen molar-refractivity contribution in [2.75, 3.05) is 41.0 Å². The fraction of sp³-hybridized carbons (Fsp3) is 0.830. The van der Waals surface area contributed by atoms with Gasteiger partial charge in [-0.2, -0.15) is 0 Å². The molecule has 0 saturated carbocycles. The van der Waals surface area contributed by atoms with Gasteiger partial charge in [-0.25, -0.2) is 4.79 Å². The maximum atomic E-state index is 12.8. The minimum absolute atomic E-state index is 0.0530. The third-order valence-electron chi connectivity index (χ3n) is 11.6. The van der Waals surface area contributed by atoms with Gasteiger partial charge in [0.2, 0.25) is 0 Å². The monoisotopic (exact) mass is 861 g/mol. The Morgan fingerprint density at radius 1 is 0.508 bits per heavy atom. The zero-order valence-corrected chi connectivity index (χ0v) is 40.6. The molecule has 0 amide bonds.